The summed E-state index contributed by atoms with van der Waals surface area (Å²) in [6.45, 7) is 8.47. The van der Waals surface area contributed by atoms with E-state index in [1.807, 2.05) is 32.1 Å². The highest BCUT2D eigenvalue weighted by molar-refractivity contribution is 6.13. The number of hydrogen-bond donors (Lipinski definition) is 1. The lowest BCUT2D eigenvalue weighted by atomic mass is 9.99. The van der Waals surface area contributed by atoms with Gasteiger partial charge in [-0.25, -0.2) is 0 Å². The van der Waals surface area contributed by atoms with Crippen molar-refractivity contribution in [2.24, 2.45) is 0 Å². The molecule has 0 spiro atoms. The van der Waals surface area contributed by atoms with Crippen LogP contribution in [0.5, 0.6) is 0 Å². The first-order valence-corrected chi connectivity index (χ1v) is 18.5. The van der Waals surface area contributed by atoms with Crippen molar-refractivity contribution in [2.75, 3.05) is 10.2 Å². The molecule has 3 heterocycles. The lowest BCUT2D eigenvalue weighted by Gasteiger charge is -2.25. The van der Waals surface area contributed by atoms with Crippen molar-refractivity contribution in [3.05, 3.63) is 194 Å². The summed E-state index contributed by atoms with van der Waals surface area (Å²) in [5.74, 6) is 0. The van der Waals surface area contributed by atoms with Crippen LogP contribution in [0.15, 0.2) is 193 Å². The van der Waals surface area contributed by atoms with Gasteiger partial charge in [0.1, 0.15) is 11.2 Å². The van der Waals surface area contributed by atoms with Crippen LogP contribution in [0.1, 0.15) is 19.4 Å². The van der Waals surface area contributed by atoms with Crippen LogP contribution in [0.3, 0.4) is 0 Å². The van der Waals surface area contributed by atoms with Gasteiger partial charge in [0.2, 0.25) is 0 Å². The molecule has 0 bridgehead atoms. The highest BCUT2D eigenvalue weighted by Crippen LogP contribution is 2.43. The average Bonchev–Trinajstić information content (AvgIpc) is 3.76. The predicted octanol–water partition coefficient (Wildman–Crippen LogP) is 14.4. The zero-order chi connectivity index (χ0) is 36.6. The number of nitrogens with one attached hydrogen (secondary N) is 1. The minimum absolute atomic E-state index is 0.837. The highest BCUT2D eigenvalue weighted by atomic mass is 16.3. The van der Waals surface area contributed by atoms with Gasteiger partial charge in [-0.15, -0.1) is 0 Å². The molecule has 0 amide bonds. The van der Waals surface area contributed by atoms with Crippen LogP contribution in [0.2, 0.25) is 0 Å². The van der Waals surface area contributed by atoms with Gasteiger partial charge in [-0.2, -0.15) is 0 Å². The number of allylic oxidation sites excluding steroid dienone is 4. The predicted molar refractivity (Wildman–Crippen MR) is 230 cm³/mol. The van der Waals surface area contributed by atoms with Gasteiger partial charge in [-0.3, -0.25) is 0 Å². The van der Waals surface area contributed by atoms with E-state index in [0.717, 1.165) is 72.5 Å². The third kappa shape index (κ3) is 5.56. The van der Waals surface area contributed by atoms with Crippen molar-refractivity contribution >= 4 is 72.1 Å². The molecule has 54 heavy (non-hydrogen) atoms. The van der Waals surface area contributed by atoms with Gasteiger partial charge in [-0.1, -0.05) is 118 Å². The Balaban J connectivity index is 0.00000189. The van der Waals surface area contributed by atoms with Crippen molar-refractivity contribution in [3.8, 4) is 16.8 Å². The highest BCUT2D eigenvalue weighted by Gasteiger charge is 2.22. The third-order valence-electron chi connectivity index (χ3n) is 10.1. The summed E-state index contributed by atoms with van der Waals surface area (Å²) in [5, 5.41) is 8.25. The van der Waals surface area contributed by atoms with E-state index >= 15 is 0 Å². The number of furan rings is 1. The number of hydrogen-bond acceptors (Lipinski definition) is 3. The molecule has 7 aromatic carbocycles. The minimum atomic E-state index is 0.837. The zero-order valence-electron chi connectivity index (χ0n) is 30.3. The molecule has 4 nitrogen and oxygen atoms in total. The van der Waals surface area contributed by atoms with Gasteiger partial charge in [0, 0.05) is 61.6 Å². The Hall–Kier alpha value is -7.04. The second-order valence-corrected chi connectivity index (χ2v) is 13.2. The lowest BCUT2D eigenvalue weighted by Crippen LogP contribution is -2.11. The molecule has 10 rings (SSSR count). The molecule has 2 aromatic heterocycles. The molecule has 4 heteroatoms. The topological polar surface area (TPSA) is 33.3 Å². The van der Waals surface area contributed by atoms with Crippen molar-refractivity contribution in [1.29, 1.82) is 0 Å². The molecule has 1 aliphatic heterocycles. The van der Waals surface area contributed by atoms with E-state index in [-0.39, 0.29) is 0 Å². The SMILES string of the molecule is C=C1/C=C\C=C/N(c2ccccc2)c2ccc3c(oc4ccc(-n5c6ccccc6c6cc(Nc7ccccc7-c7ccccc7)ccc65)cc43)c21.CC. The maximum Gasteiger partial charge on any atom is 0.145 e. The molecule has 0 saturated heterocycles. The molecule has 1 N–H and O–H groups in total. The number of para-hydroxylation sites is 3. The summed E-state index contributed by atoms with van der Waals surface area (Å²) in [6, 6.07) is 55.6. The fourth-order valence-electron chi connectivity index (χ4n) is 7.70. The van der Waals surface area contributed by atoms with Gasteiger partial charge < -0.3 is 19.2 Å². The normalized spacial score (nSPS) is 13.7. The van der Waals surface area contributed by atoms with Gasteiger partial charge in [0.15, 0.2) is 0 Å². The molecule has 0 aliphatic carbocycles. The van der Waals surface area contributed by atoms with Gasteiger partial charge in [0.25, 0.3) is 0 Å². The summed E-state index contributed by atoms with van der Waals surface area (Å²) in [6.07, 6.45) is 8.23. The monoisotopic (exact) mass is 697 g/mol. The Morgan fingerprint density at radius 3 is 2.17 bits per heavy atom. The summed E-state index contributed by atoms with van der Waals surface area (Å²) in [7, 11) is 0. The van der Waals surface area contributed by atoms with E-state index in [9.17, 15) is 0 Å². The molecular weight excluding hydrogens is 659 g/mol. The summed E-state index contributed by atoms with van der Waals surface area (Å²) < 4.78 is 9.06. The number of rotatable bonds is 5. The molecule has 1 aliphatic rings. The average molecular weight is 698 g/mol. The van der Waals surface area contributed by atoms with Crippen molar-refractivity contribution in [1.82, 2.24) is 4.57 Å². The molecule has 0 atom stereocenters. The second kappa shape index (κ2) is 13.8. The van der Waals surface area contributed by atoms with Crippen molar-refractivity contribution in [3.63, 3.8) is 0 Å². The van der Waals surface area contributed by atoms with Crippen LogP contribution < -0.4 is 10.2 Å². The Morgan fingerprint density at radius 1 is 0.574 bits per heavy atom. The molecule has 0 saturated carbocycles. The van der Waals surface area contributed by atoms with Gasteiger partial charge in [0.05, 0.1) is 16.7 Å². The molecule has 0 radical (unpaired) electrons. The molecule has 260 valence electrons. The Bertz CT molecular complexity index is 2890. The zero-order valence-corrected chi connectivity index (χ0v) is 30.3. The van der Waals surface area contributed by atoms with Crippen LogP contribution in [-0.4, -0.2) is 4.57 Å². The van der Waals surface area contributed by atoms with Crippen molar-refractivity contribution in [2.45, 2.75) is 13.8 Å². The fourth-order valence-corrected chi connectivity index (χ4v) is 7.70. The number of fused-ring (bicyclic) bond motifs is 8. The van der Waals surface area contributed by atoms with Gasteiger partial charge in [-0.05, 0) is 90.0 Å². The number of aromatic nitrogens is 1. The summed E-state index contributed by atoms with van der Waals surface area (Å²) in [4.78, 5) is 2.20. The molecular formula is C50H39N3O. The van der Waals surface area contributed by atoms with Crippen LogP contribution in [0.4, 0.5) is 22.7 Å². The van der Waals surface area contributed by atoms with Crippen molar-refractivity contribution < 1.29 is 4.42 Å². The van der Waals surface area contributed by atoms with Crippen LogP contribution in [0, 0.1) is 0 Å². The summed E-state index contributed by atoms with van der Waals surface area (Å²) in [5.41, 5.74) is 13.5. The standard InChI is InChI=1S/C48H33N3O.C2H6/c1-32-14-12-13-29-50(35-17-6-3-7-18-35)45-27-25-39-41-31-36(24-28-46(41)52-48(39)47(32)45)51-43-22-11-9-20-38(43)40-30-34(23-26-44(40)51)49-42-21-10-8-19-37(42)33-15-4-2-5-16-33;1-2/h2-31,49H,1H2;1-2H3/b14-12-,29-13-;. The van der Waals surface area contributed by atoms with E-state index in [2.05, 4.69) is 185 Å². The maximum absolute atomic E-state index is 6.70. The second-order valence-electron chi connectivity index (χ2n) is 13.2. The molecule has 0 fully saturated rings. The first kappa shape index (κ1) is 32.8. The number of benzene rings is 7. The third-order valence-corrected chi connectivity index (χ3v) is 10.1. The largest absolute Gasteiger partial charge is 0.455 e. The minimum Gasteiger partial charge on any atom is -0.455 e. The Kier molecular flexibility index (Phi) is 8.41. The fraction of sp³-hybridized carbons (Fsp3) is 0.0400. The van der Waals surface area contributed by atoms with Crippen LogP contribution in [-0.2, 0) is 0 Å². The first-order chi connectivity index (χ1) is 26.7. The molecule has 0 unspecified atom stereocenters. The number of anilines is 4. The summed E-state index contributed by atoms with van der Waals surface area (Å²) >= 11 is 0. The van der Waals surface area contributed by atoms with E-state index in [0.29, 0.717) is 0 Å². The Labute approximate surface area is 315 Å². The van der Waals surface area contributed by atoms with Crippen LogP contribution >= 0.6 is 0 Å². The van der Waals surface area contributed by atoms with Crippen LogP contribution in [0.25, 0.3) is 66.1 Å². The quantitative estimate of drug-likeness (QED) is 0.194. The molecule has 9 aromatic rings. The van der Waals surface area contributed by atoms with E-state index in [1.165, 1.54) is 21.9 Å². The van der Waals surface area contributed by atoms with E-state index in [4.69, 9.17) is 4.42 Å². The number of nitrogens with zero attached hydrogens (tertiary/aromatic N) is 2. The Morgan fingerprint density at radius 2 is 1.31 bits per heavy atom. The maximum atomic E-state index is 6.70. The van der Waals surface area contributed by atoms with Gasteiger partial charge >= 0.3 is 0 Å². The smallest absolute Gasteiger partial charge is 0.145 e. The first-order valence-electron chi connectivity index (χ1n) is 18.5. The van der Waals surface area contributed by atoms with E-state index in [1.54, 1.807) is 0 Å². The lowest BCUT2D eigenvalue weighted by molar-refractivity contribution is 0.667. The van der Waals surface area contributed by atoms with E-state index < -0.39 is 0 Å².